The Labute approximate surface area is 150 Å². The molecule has 136 valence electrons. The van der Waals surface area contributed by atoms with Crippen molar-refractivity contribution in [3.05, 3.63) is 47.5 Å². The molecule has 26 heavy (non-hydrogen) atoms. The average molecular weight is 376 g/mol. The highest BCUT2D eigenvalue weighted by atomic mass is 32.2. The minimum atomic E-state index is -3.73. The van der Waals surface area contributed by atoms with Crippen molar-refractivity contribution in [2.24, 2.45) is 4.40 Å². The molecule has 0 spiro atoms. The largest absolute Gasteiger partial charge is 0.455 e. The first-order valence-electron chi connectivity index (χ1n) is 7.67. The molecule has 9 nitrogen and oxygen atoms in total. The van der Waals surface area contributed by atoms with Gasteiger partial charge >= 0.3 is 16.2 Å². The van der Waals surface area contributed by atoms with Gasteiger partial charge in [-0.05, 0) is 13.8 Å². The fraction of sp³-hybridized carbons (Fsp3) is 0.250. The van der Waals surface area contributed by atoms with Gasteiger partial charge in [0.15, 0.2) is 6.61 Å². The first-order chi connectivity index (χ1) is 12.3. The number of aromatic nitrogens is 2. The summed E-state index contributed by atoms with van der Waals surface area (Å²) < 4.78 is 38.9. The van der Waals surface area contributed by atoms with Crippen LogP contribution in [-0.2, 0) is 26.3 Å². The van der Waals surface area contributed by atoms with Gasteiger partial charge in [-0.15, -0.1) is 4.40 Å². The Morgan fingerprint density at radius 3 is 2.65 bits per heavy atom. The fourth-order valence-corrected chi connectivity index (χ4v) is 3.43. The first kappa shape index (κ1) is 17.8. The molecule has 0 saturated heterocycles. The number of allylic oxidation sites excluding steroid dienone is 1. The standard InChI is InChI=1S/C16H16N4O5S/c1-10-13(11(2)20-26(22,23)19-10)8-15(21)24-9-14-17-16(18-25-14)12-6-4-3-5-7-12/h3-7,19H,8-9H2,1-2H3. The number of carbonyl (C=O) groups excluding carboxylic acids is 1. The summed E-state index contributed by atoms with van der Waals surface area (Å²) >= 11 is 0. The number of nitrogens with one attached hydrogen (secondary N) is 1. The molecular formula is C16H16N4O5S. The molecule has 2 heterocycles. The predicted molar refractivity (Wildman–Crippen MR) is 92.0 cm³/mol. The van der Waals surface area contributed by atoms with Gasteiger partial charge in [0, 0.05) is 16.8 Å². The second-order valence-electron chi connectivity index (χ2n) is 5.57. The lowest BCUT2D eigenvalue weighted by molar-refractivity contribution is -0.144. The first-order valence-corrected chi connectivity index (χ1v) is 9.11. The number of benzene rings is 1. The molecule has 1 aliphatic heterocycles. The van der Waals surface area contributed by atoms with Gasteiger partial charge in [-0.3, -0.25) is 9.52 Å². The van der Waals surface area contributed by atoms with Crippen molar-refractivity contribution in [2.45, 2.75) is 26.9 Å². The highest BCUT2D eigenvalue weighted by Crippen LogP contribution is 2.18. The Hall–Kier alpha value is -3.01. The van der Waals surface area contributed by atoms with Crippen molar-refractivity contribution in [1.82, 2.24) is 14.9 Å². The van der Waals surface area contributed by atoms with E-state index in [2.05, 4.69) is 19.3 Å². The topological polar surface area (TPSA) is 124 Å². The number of nitrogens with zero attached hydrogens (tertiary/aromatic N) is 3. The van der Waals surface area contributed by atoms with Crippen molar-refractivity contribution < 1.29 is 22.5 Å². The monoisotopic (exact) mass is 376 g/mol. The zero-order chi connectivity index (χ0) is 18.7. The van der Waals surface area contributed by atoms with Crippen LogP contribution in [0.15, 0.2) is 50.5 Å². The Kier molecular flexibility index (Phi) is 4.85. The Bertz CT molecular complexity index is 993. The predicted octanol–water partition coefficient (Wildman–Crippen LogP) is 1.75. The summed E-state index contributed by atoms with van der Waals surface area (Å²) in [4.78, 5) is 16.2. The Morgan fingerprint density at radius 2 is 1.96 bits per heavy atom. The number of rotatable bonds is 5. The van der Waals surface area contributed by atoms with Crippen molar-refractivity contribution >= 4 is 21.9 Å². The molecule has 0 fully saturated rings. The quantitative estimate of drug-likeness (QED) is 0.788. The molecule has 0 aliphatic carbocycles. The lowest BCUT2D eigenvalue weighted by Gasteiger charge is -2.17. The Morgan fingerprint density at radius 1 is 1.23 bits per heavy atom. The highest BCUT2D eigenvalue weighted by Gasteiger charge is 2.23. The lowest BCUT2D eigenvalue weighted by Crippen LogP contribution is -2.28. The average Bonchev–Trinajstić information content (AvgIpc) is 3.05. The molecule has 0 bridgehead atoms. The number of carbonyl (C=O) groups is 1. The lowest BCUT2D eigenvalue weighted by atomic mass is 10.1. The summed E-state index contributed by atoms with van der Waals surface area (Å²) in [5, 5.41) is 3.84. The normalized spacial score (nSPS) is 16.0. The Balaban J connectivity index is 1.60. The molecule has 0 amide bonds. The van der Waals surface area contributed by atoms with Gasteiger partial charge in [0.05, 0.1) is 12.1 Å². The van der Waals surface area contributed by atoms with E-state index in [0.29, 0.717) is 17.1 Å². The smallest absolute Gasteiger partial charge is 0.342 e. The number of hydrogen-bond donors (Lipinski definition) is 1. The second-order valence-corrected chi connectivity index (χ2v) is 6.91. The van der Waals surface area contributed by atoms with Gasteiger partial charge in [-0.2, -0.15) is 13.4 Å². The second kappa shape index (κ2) is 7.08. The fourth-order valence-electron chi connectivity index (χ4n) is 2.40. The zero-order valence-electron chi connectivity index (χ0n) is 14.1. The highest BCUT2D eigenvalue weighted by molar-refractivity contribution is 7.88. The van der Waals surface area contributed by atoms with E-state index < -0.39 is 16.2 Å². The van der Waals surface area contributed by atoms with E-state index in [4.69, 9.17) is 9.26 Å². The van der Waals surface area contributed by atoms with Crippen LogP contribution in [0.3, 0.4) is 0 Å². The van der Waals surface area contributed by atoms with E-state index in [1.54, 1.807) is 6.92 Å². The molecule has 0 unspecified atom stereocenters. The van der Waals surface area contributed by atoms with Crippen molar-refractivity contribution in [3.8, 4) is 11.4 Å². The number of hydrogen-bond acceptors (Lipinski definition) is 7. The van der Waals surface area contributed by atoms with Crippen LogP contribution in [0.5, 0.6) is 0 Å². The van der Waals surface area contributed by atoms with Gasteiger partial charge in [0.1, 0.15) is 0 Å². The maximum atomic E-state index is 12.0. The summed E-state index contributed by atoms with van der Waals surface area (Å²) in [6, 6.07) is 9.25. The molecule has 0 radical (unpaired) electrons. The summed E-state index contributed by atoms with van der Waals surface area (Å²) in [6.07, 6.45) is -0.122. The summed E-state index contributed by atoms with van der Waals surface area (Å²) in [6.45, 7) is 2.91. The van der Waals surface area contributed by atoms with E-state index >= 15 is 0 Å². The summed E-state index contributed by atoms with van der Waals surface area (Å²) in [7, 11) is -3.73. The number of esters is 1. The van der Waals surface area contributed by atoms with E-state index in [1.807, 2.05) is 30.3 Å². The minimum Gasteiger partial charge on any atom is -0.455 e. The molecule has 1 aliphatic rings. The molecule has 2 aromatic rings. The van der Waals surface area contributed by atoms with Gasteiger partial charge < -0.3 is 9.26 Å². The van der Waals surface area contributed by atoms with E-state index in [-0.39, 0.29) is 24.6 Å². The van der Waals surface area contributed by atoms with Crippen LogP contribution in [-0.4, -0.2) is 30.2 Å². The SMILES string of the molecule is CC1=NS(=O)(=O)NC(C)=C1CC(=O)OCc1nc(-c2ccccc2)no1. The third kappa shape index (κ3) is 4.14. The third-order valence-corrected chi connectivity index (χ3v) is 4.68. The van der Waals surface area contributed by atoms with Crippen molar-refractivity contribution in [3.63, 3.8) is 0 Å². The van der Waals surface area contributed by atoms with Crippen molar-refractivity contribution in [2.75, 3.05) is 0 Å². The van der Waals surface area contributed by atoms with E-state index in [1.165, 1.54) is 6.92 Å². The molecule has 1 aromatic carbocycles. The van der Waals surface area contributed by atoms with Gasteiger partial charge in [-0.1, -0.05) is 35.5 Å². The maximum absolute atomic E-state index is 12.0. The van der Waals surface area contributed by atoms with Crippen molar-refractivity contribution in [1.29, 1.82) is 0 Å². The van der Waals surface area contributed by atoms with Gasteiger partial charge in [0.25, 0.3) is 5.89 Å². The summed E-state index contributed by atoms with van der Waals surface area (Å²) in [5.74, 6) is 0.00645. The van der Waals surface area contributed by atoms with Crippen LogP contribution in [0.2, 0.25) is 0 Å². The molecule has 0 saturated carbocycles. The van der Waals surface area contributed by atoms with Crippen LogP contribution in [0.25, 0.3) is 11.4 Å². The molecule has 3 rings (SSSR count). The van der Waals surface area contributed by atoms with Crippen LogP contribution in [0.1, 0.15) is 26.2 Å². The molecule has 1 aromatic heterocycles. The van der Waals surface area contributed by atoms with Crippen LogP contribution in [0.4, 0.5) is 0 Å². The maximum Gasteiger partial charge on any atom is 0.342 e. The summed E-state index contributed by atoms with van der Waals surface area (Å²) in [5.41, 5.74) is 1.86. The van der Waals surface area contributed by atoms with Crippen LogP contribution in [0, 0.1) is 0 Å². The molecule has 1 N–H and O–H groups in total. The molecule has 0 atom stereocenters. The van der Waals surface area contributed by atoms with Gasteiger partial charge in [0.2, 0.25) is 5.82 Å². The van der Waals surface area contributed by atoms with E-state index in [9.17, 15) is 13.2 Å². The van der Waals surface area contributed by atoms with Gasteiger partial charge in [-0.25, -0.2) is 0 Å². The molecular weight excluding hydrogens is 360 g/mol. The van der Waals surface area contributed by atoms with Crippen LogP contribution >= 0.6 is 0 Å². The van der Waals surface area contributed by atoms with E-state index in [0.717, 1.165) is 5.56 Å². The van der Waals surface area contributed by atoms with Crippen LogP contribution < -0.4 is 4.72 Å². The number of ether oxygens (including phenoxy) is 1. The molecule has 10 heteroatoms. The zero-order valence-corrected chi connectivity index (χ0v) is 14.9. The minimum absolute atomic E-state index is 0.122. The third-order valence-electron chi connectivity index (χ3n) is 3.61.